The van der Waals surface area contributed by atoms with Gasteiger partial charge in [0.25, 0.3) is 11.6 Å². The fourth-order valence-electron chi connectivity index (χ4n) is 6.29. The van der Waals surface area contributed by atoms with Gasteiger partial charge in [0.1, 0.15) is 5.01 Å². The van der Waals surface area contributed by atoms with E-state index in [1.165, 1.54) is 62.4 Å². The van der Waals surface area contributed by atoms with Crippen molar-refractivity contribution >= 4 is 51.1 Å². The van der Waals surface area contributed by atoms with Gasteiger partial charge in [-0.2, -0.15) is 4.99 Å². The van der Waals surface area contributed by atoms with Crippen molar-refractivity contribution in [2.45, 2.75) is 43.9 Å². The molecule has 1 aliphatic heterocycles. The normalized spacial score (nSPS) is 33.2. The maximum absolute atomic E-state index is 12.4. The SMILES string of the molecule is O=C1NC(=Nc2nnc(C34CC5CC(CC(C5)C3)C4)s2)S/C1=C/c1cccc([N+](=O)[O-])c1. The molecule has 1 aromatic carbocycles. The number of nitro groups is 1. The molecule has 4 saturated carbocycles. The van der Waals surface area contributed by atoms with Crippen molar-refractivity contribution in [3.8, 4) is 0 Å². The summed E-state index contributed by atoms with van der Waals surface area (Å²) in [6.07, 6.45) is 9.47. The van der Waals surface area contributed by atoms with Gasteiger partial charge in [0.2, 0.25) is 5.13 Å². The van der Waals surface area contributed by atoms with Crippen LogP contribution < -0.4 is 5.32 Å². The maximum atomic E-state index is 12.4. The number of benzene rings is 1. The van der Waals surface area contributed by atoms with Crippen molar-refractivity contribution in [3.63, 3.8) is 0 Å². The molecule has 1 N–H and O–H groups in total. The van der Waals surface area contributed by atoms with Crippen LogP contribution in [0.25, 0.3) is 6.08 Å². The second kappa shape index (κ2) is 7.48. The number of nitrogens with one attached hydrogen (secondary N) is 1. The van der Waals surface area contributed by atoms with Crippen LogP contribution >= 0.6 is 23.1 Å². The number of amidine groups is 1. The molecule has 0 radical (unpaired) electrons. The second-order valence-corrected chi connectivity index (χ2v) is 11.4. The Kier molecular flexibility index (Phi) is 4.69. The van der Waals surface area contributed by atoms with E-state index in [4.69, 9.17) is 0 Å². The predicted molar refractivity (Wildman–Crippen MR) is 124 cm³/mol. The highest BCUT2D eigenvalue weighted by atomic mass is 32.2. The molecule has 1 aromatic heterocycles. The summed E-state index contributed by atoms with van der Waals surface area (Å²) in [5.74, 6) is 2.24. The molecule has 32 heavy (non-hydrogen) atoms. The lowest BCUT2D eigenvalue weighted by Crippen LogP contribution is -2.48. The Balaban J connectivity index is 1.21. The van der Waals surface area contributed by atoms with Crippen LogP contribution in [0.4, 0.5) is 10.8 Å². The minimum absolute atomic E-state index is 0.0114. The maximum Gasteiger partial charge on any atom is 0.270 e. The molecule has 2 aromatic rings. The number of amides is 1. The van der Waals surface area contributed by atoms with Crippen LogP contribution in [0.3, 0.4) is 0 Å². The van der Waals surface area contributed by atoms with Crippen LogP contribution in [0.2, 0.25) is 0 Å². The van der Waals surface area contributed by atoms with Gasteiger partial charge < -0.3 is 5.32 Å². The lowest BCUT2D eigenvalue weighted by atomic mass is 9.50. The zero-order chi connectivity index (χ0) is 21.9. The smallest absolute Gasteiger partial charge is 0.270 e. The van der Waals surface area contributed by atoms with Gasteiger partial charge in [0.05, 0.1) is 9.83 Å². The first-order valence-electron chi connectivity index (χ1n) is 10.8. The number of non-ortho nitro benzene ring substituents is 1. The monoisotopic (exact) mass is 467 g/mol. The molecule has 5 aliphatic rings. The van der Waals surface area contributed by atoms with E-state index in [-0.39, 0.29) is 17.0 Å². The largest absolute Gasteiger partial charge is 0.300 e. The number of thioether (sulfide) groups is 1. The summed E-state index contributed by atoms with van der Waals surface area (Å²) in [7, 11) is 0. The lowest BCUT2D eigenvalue weighted by Gasteiger charge is -2.55. The zero-order valence-corrected chi connectivity index (χ0v) is 18.8. The van der Waals surface area contributed by atoms with Crippen LogP contribution in [-0.2, 0) is 10.2 Å². The van der Waals surface area contributed by atoms with E-state index in [0.29, 0.717) is 20.8 Å². The number of aliphatic imine (C=N–C) groups is 1. The number of carbonyl (C=O) groups is 1. The molecule has 10 heteroatoms. The van der Waals surface area contributed by atoms with Gasteiger partial charge in [-0.1, -0.05) is 23.5 Å². The number of carbonyl (C=O) groups excluding carboxylic acids is 1. The highest BCUT2D eigenvalue weighted by Crippen LogP contribution is 2.61. The van der Waals surface area contributed by atoms with Crippen molar-refractivity contribution in [1.82, 2.24) is 15.5 Å². The summed E-state index contributed by atoms with van der Waals surface area (Å²) in [6.45, 7) is 0. The third-order valence-corrected chi connectivity index (χ3v) is 9.11. The first kappa shape index (κ1) is 20.0. The summed E-state index contributed by atoms with van der Waals surface area (Å²) in [4.78, 5) is 27.9. The van der Waals surface area contributed by atoms with Crippen molar-refractivity contribution in [3.05, 3.63) is 49.9 Å². The molecule has 0 spiro atoms. The van der Waals surface area contributed by atoms with Gasteiger partial charge in [0, 0.05) is 17.5 Å². The van der Waals surface area contributed by atoms with E-state index in [9.17, 15) is 14.9 Å². The molecule has 1 amide bonds. The van der Waals surface area contributed by atoms with Crippen molar-refractivity contribution in [2.24, 2.45) is 22.7 Å². The summed E-state index contributed by atoms with van der Waals surface area (Å²) in [5.41, 5.74) is 0.769. The van der Waals surface area contributed by atoms with Gasteiger partial charge >= 0.3 is 0 Å². The van der Waals surface area contributed by atoms with Gasteiger partial charge in [-0.3, -0.25) is 14.9 Å². The summed E-state index contributed by atoms with van der Waals surface area (Å²) in [5, 5.41) is 24.7. The molecule has 164 valence electrons. The van der Waals surface area contributed by atoms with E-state index >= 15 is 0 Å². The van der Waals surface area contributed by atoms with Crippen LogP contribution in [0.15, 0.2) is 34.2 Å². The van der Waals surface area contributed by atoms with E-state index < -0.39 is 4.92 Å². The molecule has 7 rings (SSSR count). The average Bonchev–Trinajstić information content (AvgIpc) is 3.34. The van der Waals surface area contributed by atoms with Crippen LogP contribution in [-0.4, -0.2) is 26.2 Å². The quantitative estimate of drug-likeness (QED) is 0.393. The Bertz CT molecular complexity index is 1150. The second-order valence-electron chi connectivity index (χ2n) is 9.42. The Hall–Kier alpha value is -2.59. The Morgan fingerprint density at radius 3 is 2.56 bits per heavy atom. The number of hydrogen-bond acceptors (Lipinski definition) is 8. The molecule has 0 atom stereocenters. The number of nitro benzene ring substituents is 1. The van der Waals surface area contributed by atoms with Gasteiger partial charge in [-0.25, -0.2) is 0 Å². The highest BCUT2D eigenvalue weighted by Gasteiger charge is 2.53. The molecule has 8 nitrogen and oxygen atoms in total. The first-order valence-corrected chi connectivity index (χ1v) is 12.5. The number of hydrogen-bond donors (Lipinski definition) is 1. The summed E-state index contributed by atoms with van der Waals surface area (Å²) < 4.78 is 0. The number of nitrogens with zero attached hydrogens (tertiary/aromatic N) is 4. The standard InChI is InChI=1S/C22H21N5O3S2/c28-18-17(8-12-2-1-3-16(7-12)27(29)30)31-20(23-18)24-21-26-25-19(32-21)22-9-13-4-14(10-22)6-15(5-13)11-22/h1-3,7-8,13-15H,4-6,9-11H2,(H,23,24,26,28)/b17-8+. The van der Waals surface area contributed by atoms with E-state index in [1.807, 2.05) is 0 Å². The highest BCUT2D eigenvalue weighted by molar-refractivity contribution is 8.18. The van der Waals surface area contributed by atoms with Crippen molar-refractivity contribution in [1.29, 1.82) is 0 Å². The number of rotatable bonds is 4. The van der Waals surface area contributed by atoms with E-state index in [2.05, 4.69) is 20.5 Å². The average molecular weight is 468 g/mol. The van der Waals surface area contributed by atoms with Crippen LogP contribution in [0.5, 0.6) is 0 Å². The predicted octanol–water partition coefficient (Wildman–Crippen LogP) is 4.81. The summed E-state index contributed by atoms with van der Waals surface area (Å²) >= 11 is 2.76. The molecule has 0 unspecified atom stereocenters. The Labute approximate surface area is 192 Å². The molecule has 1 saturated heterocycles. The summed E-state index contributed by atoms with van der Waals surface area (Å²) in [6, 6.07) is 6.20. The fourth-order valence-corrected chi connectivity index (χ4v) is 8.11. The van der Waals surface area contributed by atoms with Gasteiger partial charge in [-0.15, -0.1) is 10.2 Å². The van der Waals surface area contributed by atoms with Crippen molar-refractivity contribution in [2.75, 3.05) is 0 Å². The van der Waals surface area contributed by atoms with Crippen molar-refractivity contribution < 1.29 is 9.72 Å². The van der Waals surface area contributed by atoms with E-state index in [0.717, 1.165) is 22.8 Å². The lowest BCUT2D eigenvalue weighted by molar-refractivity contribution is -0.384. The zero-order valence-electron chi connectivity index (χ0n) is 17.2. The fraction of sp³-hybridized carbons (Fsp3) is 0.455. The molecule has 2 heterocycles. The third-order valence-electron chi connectivity index (χ3n) is 7.13. The molecule has 4 bridgehead atoms. The van der Waals surface area contributed by atoms with E-state index in [1.54, 1.807) is 29.5 Å². The van der Waals surface area contributed by atoms with Gasteiger partial charge in [-0.05, 0) is 79.7 Å². The molecule has 4 aliphatic carbocycles. The first-order chi connectivity index (χ1) is 15.5. The Morgan fingerprint density at radius 2 is 1.88 bits per heavy atom. The topological polar surface area (TPSA) is 110 Å². The number of aromatic nitrogens is 2. The van der Waals surface area contributed by atoms with Gasteiger partial charge in [0.15, 0.2) is 5.17 Å². The molecule has 5 fully saturated rings. The molecular formula is C22H21N5O3S2. The minimum atomic E-state index is -0.451. The Morgan fingerprint density at radius 1 is 1.16 bits per heavy atom. The molecular weight excluding hydrogens is 446 g/mol. The third kappa shape index (κ3) is 3.55. The minimum Gasteiger partial charge on any atom is -0.300 e. The van der Waals surface area contributed by atoms with Crippen LogP contribution in [0.1, 0.15) is 49.1 Å². The van der Waals surface area contributed by atoms with Crippen LogP contribution in [0, 0.1) is 27.9 Å².